The van der Waals surface area contributed by atoms with Gasteiger partial charge >= 0.3 is 5.97 Å². The summed E-state index contributed by atoms with van der Waals surface area (Å²) in [5, 5.41) is 18.2. The van der Waals surface area contributed by atoms with Crippen molar-refractivity contribution in [3.05, 3.63) is 24.3 Å². The number of para-hydroxylation sites is 2. The Bertz CT molecular complexity index is 446. The van der Waals surface area contributed by atoms with Crippen LogP contribution in [0.5, 0.6) is 11.5 Å². The van der Waals surface area contributed by atoms with Crippen molar-refractivity contribution in [2.24, 2.45) is 0 Å². The molecule has 1 aromatic rings. The third kappa shape index (κ3) is 4.87. The molecule has 1 rings (SSSR count). The van der Waals surface area contributed by atoms with Gasteiger partial charge in [-0.3, -0.25) is 9.59 Å². The van der Waals surface area contributed by atoms with E-state index in [9.17, 15) is 14.7 Å². The van der Waals surface area contributed by atoms with E-state index in [1.807, 2.05) is 6.92 Å². The zero-order valence-electron chi connectivity index (χ0n) is 10.7. The number of carbonyl (C=O) groups is 2. The summed E-state index contributed by atoms with van der Waals surface area (Å²) in [6.45, 7) is 1.56. The maximum atomic E-state index is 11.8. The molecule has 0 atom stereocenters. The molecule has 0 aromatic heterocycles. The number of carboxylic acids is 1. The Morgan fingerprint density at radius 3 is 2.58 bits per heavy atom. The first-order valence-electron chi connectivity index (χ1n) is 5.95. The molecule has 1 aromatic carbocycles. The monoisotopic (exact) mass is 267 g/mol. The van der Waals surface area contributed by atoms with Gasteiger partial charge in [0.1, 0.15) is 6.54 Å². The first-order chi connectivity index (χ1) is 9.04. The lowest BCUT2D eigenvalue weighted by Crippen LogP contribution is -2.39. The summed E-state index contributed by atoms with van der Waals surface area (Å²) < 4.78 is 5.17. The molecular weight excluding hydrogens is 250 g/mol. The molecule has 19 heavy (non-hydrogen) atoms. The van der Waals surface area contributed by atoms with Crippen LogP contribution in [-0.4, -0.2) is 46.7 Å². The van der Waals surface area contributed by atoms with Crippen LogP contribution in [-0.2, 0) is 9.59 Å². The van der Waals surface area contributed by atoms with E-state index >= 15 is 0 Å². The van der Waals surface area contributed by atoms with Gasteiger partial charge in [0.25, 0.3) is 5.91 Å². The number of carboxylic acid groups (broad SMARTS) is 1. The normalized spacial score (nSPS) is 9.95. The standard InChI is InChI=1S/C13H17NO5/c1-2-7-14(8-13(17)18)12(16)9-19-11-6-4-3-5-10(11)15/h3-6,15H,2,7-9H2,1H3,(H,17,18). The highest BCUT2D eigenvalue weighted by Crippen LogP contribution is 2.24. The minimum absolute atomic E-state index is 0.0597. The van der Waals surface area contributed by atoms with Gasteiger partial charge in [0.2, 0.25) is 0 Å². The fraction of sp³-hybridized carbons (Fsp3) is 0.385. The van der Waals surface area contributed by atoms with Gasteiger partial charge in [-0.25, -0.2) is 0 Å². The highest BCUT2D eigenvalue weighted by atomic mass is 16.5. The van der Waals surface area contributed by atoms with Crippen molar-refractivity contribution in [3.63, 3.8) is 0 Å². The molecule has 0 heterocycles. The highest BCUT2D eigenvalue weighted by molar-refractivity contribution is 5.82. The number of benzene rings is 1. The summed E-state index contributed by atoms with van der Waals surface area (Å²) in [5.41, 5.74) is 0. The first kappa shape index (κ1) is 14.8. The Morgan fingerprint density at radius 1 is 1.32 bits per heavy atom. The summed E-state index contributed by atoms with van der Waals surface area (Å²) in [6.07, 6.45) is 0.662. The maximum absolute atomic E-state index is 11.8. The average Bonchev–Trinajstić information content (AvgIpc) is 2.36. The van der Waals surface area contributed by atoms with E-state index in [4.69, 9.17) is 9.84 Å². The van der Waals surface area contributed by atoms with Crippen molar-refractivity contribution in [2.75, 3.05) is 19.7 Å². The van der Waals surface area contributed by atoms with Crippen LogP contribution in [0.1, 0.15) is 13.3 Å². The Labute approximate surface area is 111 Å². The van der Waals surface area contributed by atoms with Crippen LogP contribution in [0.2, 0.25) is 0 Å². The fourth-order valence-electron chi connectivity index (χ4n) is 1.54. The second-order valence-corrected chi connectivity index (χ2v) is 3.97. The summed E-state index contributed by atoms with van der Waals surface area (Å²) >= 11 is 0. The predicted octanol–water partition coefficient (Wildman–Crippen LogP) is 1.09. The molecule has 0 aliphatic rings. The predicted molar refractivity (Wildman–Crippen MR) is 68.1 cm³/mol. The lowest BCUT2D eigenvalue weighted by Gasteiger charge is -2.20. The van der Waals surface area contributed by atoms with E-state index in [1.165, 1.54) is 17.0 Å². The third-order valence-corrected chi connectivity index (χ3v) is 2.39. The topological polar surface area (TPSA) is 87.1 Å². The lowest BCUT2D eigenvalue weighted by atomic mass is 10.3. The quantitative estimate of drug-likeness (QED) is 0.772. The molecule has 0 fully saturated rings. The Balaban J connectivity index is 2.57. The van der Waals surface area contributed by atoms with Crippen molar-refractivity contribution in [3.8, 4) is 11.5 Å². The molecular formula is C13H17NO5. The number of amides is 1. The Morgan fingerprint density at radius 2 is 2.00 bits per heavy atom. The second-order valence-electron chi connectivity index (χ2n) is 3.97. The molecule has 104 valence electrons. The fourth-order valence-corrected chi connectivity index (χ4v) is 1.54. The summed E-state index contributed by atoms with van der Waals surface area (Å²) in [4.78, 5) is 23.7. The number of aliphatic carboxylic acids is 1. The molecule has 0 spiro atoms. The van der Waals surface area contributed by atoms with Crippen molar-refractivity contribution < 1.29 is 24.5 Å². The van der Waals surface area contributed by atoms with E-state index in [2.05, 4.69) is 0 Å². The van der Waals surface area contributed by atoms with Gasteiger partial charge in [0.15, 0.2) is 18.1 Å². The van der Waals surface area contributed by atoms with Crippen LogP contribution in [0.3, 0.4) is 0 Å². The molecule has 1 amide bonds. The second kappa shape index (κ2) is 7.25. The number of ether oxygens (including phenoxy) is 1. The lowest BCUT2D eigenvalue weighted by molar-refractivity contribution is -0.145. The molecule has 6 heteroatoms. The SMILES string of the molecule is CCCN(CC(=O)O)C(=O)COc1ccccc1O. The van der Waals surface area contributed by atoms with Crippen LogP contribution in [0, 0.1) is 0 Å². The van der Waals surface area contributed by atoms with Crippen molar-refractivity contribution >= 4 is 11.9 Å². The number of phenolic OH excluding ortho intramolecular Hbond substituents is 1. The number of hydrogen-bond acceptors (Lipinski definition) is 4. The number of nitrogens with zero attached hydrogens (tertiary/aromatic N) is 1. The van der Waals surface area contributed by atoms with Crippen molar-refractivity contribution in [2.45, 2.75) is 13.3 Å². The largest absolute Gasteiger partial charge is 0.504 e. The third-order valence-electron chi connectivity index (χ3n) is 2.39. The molecule has 0 bridgehead atoms. The minimum atomic E-state index is -1.07. The van der Waals surface area contributed by atoms with Crippen LogP contribution < -0.4 is 4.74 Å². The van der Waals surface area contributed by atoms with E-state index in [0.717, 1.165) is 0 Å². The van der Waals surface area contributed by atoms with Crippen molar-refractivity contribution in [1.29, 1.82) is 0 Å². The zero-order chi connectivity index (χ0) is 14.3. The summed E-state index contributed by atoms with van der Waals surface area (Å²) in [7, 11) is 0. The zero-order valence-corrected chi connectivity index (χ0v) is 10.7. The molecule has 0 unspecified atom stereocenters. The Hall–Kier alpha value is -2.24. The summed E-state index contributed by atoms with van der Waals surface area (Å²) in [6, 6.07) is 6.28. The van der Waals surface area contributed by atoms with E-state index in [-0.39, 0.29) is 24.7 Å². The van der Waals surface area contributed by atoms with Gasteiger partial charge in [-0.2, -0.15) is 0 Å². The molecule has 0 aliphatic carbocycles. The molecule has 0 saturated heterocycles. The maximum Gasteiger partial charge on any atom is 0.323 e. The molecule has 2 N–H and O–H groups in total. The van der Waals surface area contributed by atoms with Crippen LogP contribution in [0.4, 0.5) is 0 Å². The van der Waals surface area contributed by atoms with Crippen LogP contribution in [0.15, 0.2) is 24.3 Å². The van der Waals surface area contributed by atoms with Gasteiger partial charge in [-0.05, 0) is 18.6 Å². The van der Waals surface area contributed by atoms with Gasteiger partial charge in [-0.1, -0.05) is 19.1 Å². The number of rotatable bonds is 7. The van der Waals surface area contributed by atoms with Crippen LogP contribution in [0.25, 0.3) is 0 Å². The van der Waals surface area contributed by atoms with Crippen LogP contribution >= 0.6 is 0 Å². The Kier molecular flexibility index (Phi) is 5.66. The van der Waals surface area contributed by atoms with Gasteiger partial charge < -0.3 is 19.8 Å². The van der Waals surface area contributed by atoms with Gasteiger partial charge in [0, 0.05) is 6.54 Å². The van der Waals surface area contributed by atoms with Crippen molar-refractivity contribution in [1.82, 2.24) is 4.90 Å². The highest BCUT2D eigenvalue weighted by Gasteiger charge is 2.16. The van der Waals surface area contributed by atoms with E-state index in [1.54, 1.807) is 12.1 Å². The average molecular weight is 267 g/mol. The van der Waals surface area contributed by atoms with E-state index < -0.39 is 11.9 Å². The minimum Gasteiger partial charge on any atom is -0.504 e. The van der Waals surface area contributed by atoms with E-state index in [0.29, 0.717) is 13.0 Å². The van der Waals surface area contributed by atoms with Gasteiger partial charge in [0.05, 0.1) is 0 Å². The molecule has 0 saturated carbocycles. The number of phenols is 1. The number of carbonyl (C=O) groups excluding carboxylic acids is 1. The number of aromatic hydroxyl groups is 1. The molecule has 0 aliphatic heterocycles. The molecule has 0 radical (unpaired) electrons. The van der Waals surface area contributed by atoms with Gasteiger partial charge in [-0.15, -0.1) is 0 Å². The molecule has 6 nitrogen and oxygen atoms in total. The smallest absolute Gasteiger partial charge is 0.323 e. The first-order valence-corrected chi connectivity index (χ1v) is 5.95. The number of hydrogen-bond donors (Lipinski definition) is 2. The summed E-state index contributed by atoms with van der Waals surface area (Å²) in [5.74, 6) is -1.35.